The Labute approximate surface area is 371 Å². The van der Waals surface area contributed by atoms with Crippen LogP contribution in [-0.2, 0) is 0 Å². The van der Waals surface area contributed by atoms with E-state index in [2.05, 4.69) is 228 Å². The molecule has 9 aromatic carbocycles. The number of benzene rings is 9. The first-order valence-electron chi connectivity index (χ1n) is 22.7. The summed E-state index contributed by atoms with van der Waals surface area (Å²) in [6.45, 7) is 0.00821. The van der Waals surface area contributed by atoms with Gasteiger partial charge in [0.05, 0.1) is 5.69 Å². The lowest BCUT2D eigenvalue weighted by Crippen LogP contribution is -2.61. The zero-order chi connectivity index (χ0) is 41.7. The maximum absolute atomic E-state index is 2.62. The molecule has 0 radical (unpaired) electrons. The molecule has 0 atom stereocenters. The van der Waals surface area contributed by atoms with E-state index in [1.54, 1.807) is 0 Å². The second kappa shape index (κ2) is 15.8. The van der Waals surface area contributed by atoms with Gasteiger partial charge < -0.3 is 9.80 Å². The maximum atomic E-state index is 2.62. The minimum atomic E-state index is 0.00821. The minimum absolute atomic E-state index is 0.00821. The van der Waals surface area contributed by atoms with Crippen LogP contribution in [0.1, 0.15) is 43.6 Å². The molecule has 1 saturated carbocycles. The maximum Gasteiger partial charge on any atom is 0.252 e. The van der Waals surface area contributed by atoms with Crippen LogP contribution in [0.4, 0.5) is 34.1 Å². The summed E-state index contributed by atoms with van der Waals surface area (Å²) in [4.78, 5) is 5.22. The molecule has 0 unspecified atom stereocenters. The van der Waals surface area contributed by atoms with Crippen molar-refractivity contribution in [2.24, 2.45) is 0 Å². The van der Waals surface area contributed by atoms with Gasteiger partial charge in [0.25, 0.3) is 6.71 Å². The molecular formula is C60H47BN2. The summed E-state index contributed by atoms with van der Waals surface area (Å²) < 4.78 is 0. The fourth-order valence-corrected chi connectivity index (χ4v) is 10.8. The predicted molar refractivity (Wildman–Crippen MR) is 268 cm³/mol. The van der Waals surface area contributed by atoms with Crippen molar-refractivity contribution in [3.05, 3.63) is 224 Å². The van der Waals surface area contributed by atoms with Gasteiger partial charge in [-0.05, 0) is 122 Å². The summed E-state index contributed by atoms with van der Waals surface area (Å²) in [7, 11) is 0. The third kappa shape index (κ3) is 6.59. The van der Waals surface area contributed by atoms with Gasteiger partial charge in [-0.1, -0.05) is 195 Å². The Morgan fingerprint density at radius 3 is 1.49 bits per heavy atom. The lowest BCUT2D eigenvalue weighted by Gasteiger charge is -2.45. The van der Waals surface area contributed by atoms with E-state index in [0.29, 0.717) is 5.92 Å². The number of rotatable bonds is 7. The molecule has 0 aromatic heterocycles. The normalized spacial score (nSPS) is 14.2. The average Bonchev–Trinajstić information content (AvgIpc) is 3.37. The van der Waals surface area contributed by atoms with Crippen LogP contribution < -0.4 is 26.2 Å². The zero-order valence-electron chi connectivity index (χ0n) is 35.4. The van der Waals surface area contributed by atoms with Gasteiger partial charge in [-0.3, -0.25) is 0 Å². The lowest BCUT2D eigenvalue weighted by molar-refractivity contribution is 0.444. The first-order valence-corrected chi connectivity index (χ1v) is 22.7. The van der Waals surface area contributed by atoms with Crippen LogP contribution in [0.15, 0.2) is 218 Å². The topological polar surface area (TPSA) is 6.48 Å². The Morgan fingerprint density at radius 1 is 0.333 bits per heavy atom. The van der Waals surface area contributed by atoms with Crippen molar-refractivity contribution in [1.82, 2.24) is 0 Å². The molecule has 3 heteroatoms. The Morgan fingerprint density at radius 2 is 0.841 bits per heavy atom. The van der Waals surface area contributed by atoms with E-state index in [1.165, 1.54) is 133 Å². The van der Waals surface area contributed by atoms with Crippen molar-refractivity contribution < 1.29 is 0 Å². The molecule has 0 amide bonds. The molecule has 12 rings (SSSR count). The Kier molecular flexibility index (Phi) is 9.40. The second-order valence-corrected chi connectivity index (χ2v) is 17.5. The number of anilines is 6. The minimum Gasteiger partial charge on any atom is -0.311 e. The zero-order valence-corrected chi connectivity index (χ0v) is 35.4. The number of para-hydroxylation sites is 1. The van der Waals surface area contributed by atoms with Crippen molar-refractivity contribution in [1.29, 1.82) is 0 Å². The van der Waals surface area contributed by atoms with Gasteiger partial charge in [-0.25, -0.2) is 0 Å². The van der Waals surface area contributed by atoms with Crippen LogP contribution in [0, 0.1) is 0 Å². The van der Waals surface area contributed by atoms with Crippen LogP contribution in [-0.4, -0.2) is 6.71 Å². The number of hydrogen-bond acceptors (Lipinski definition) is 2. The first kappa shape index (κ1) is 37.4. The molecule has 0 N–H and O–H groups in total. The van der Waals surface area contributed by atoms with E-state index in [9.17, 15) is 0 Å². The molecule has 1 fully saturated rings. The van der Waals surface area contributed by atoms with E-state index >= 15 is 0 Å². The molecule has 0 saturated heterocycles. The summed E-state index contributed by atoms with van der Waals surface area (Å²) in [6.07, 6.45) is 6.32. The SMILES string of the molecule is c1ccc(-c2ccc(N3c4cc(-c5ccccc5)ccc4B4c5cc(-c6ccccc6)ccc5N(c5ccccc5-c5ccccc5)c5cc(C6CCCCC6)cc3c54)cc2)cc1. The van der Waals surface area contributed by atoms with Gasteiger partial charge in [0.2, 0.25) is 0 Å². The third-order valence-corrected chi connectivity index (χ3v) is 13.8. The predicted octanol–water partition coefficient (Wildman–Crippen LogP) is 14.5. The molecule has 1 aliphatic carbocycles. The molecule has 2 nitrogen and oxygen atoms in total. The lowest BCUT2D eigenvalue weighted by atomic mass is 9.33. The van der Waals surface area contributed by atoms with Crippen LogP contribution >= 0.6 is 0 Å². The Hall–Kier alpha value is -7.36. The first-order chi connectivity index (χ1) is 31.3. The number of hydrogen-bond donors (Lipinski definition) is 0. The van der Waals surface area contributed by atoms with Gasteiger partial charge in [-0.2, -0.15) is 0 Å². The van der Waals surface area contributed by atoms with Gasteiger partial charge in [0.15, 0.2) is 0 Å². The highest BCUT2D eigenvalue weighted by molar-refractivity contribution is 7.00. The van der Waals surface area contributed by atoms with E-state index in [4.69, 9.17) is 0 Å². The van der Waals surface area contributed by atoms with Crippen molar-refractivity contribution >= 4 is 57.2 Å². The molecule has 3 aliphatic rings. The van der Waals surface area contributed by atoms with Gasteiger partial charge in [-0.15, -0.1) is 0 Å². The van der Waals surface area contributed by atoms with Crippen LogP contribution in [0.5, 0.6) is 0 Å². The fraction of sp³-hybridized carbons (Fsp3) is 0.100. The smallest absolute Gasteiger partial charge is 0.252 e. The molecule has 0 spiro atoms. The van der Waals surface area contributed by atoms with Crippen molar-refractivity contribution in [3.8, 4) is 44.5 Å². The highest BCUT2D eigenvalue weighted by atomic mass is 15.2. The fourth-order valence-electron chi connectivity index (χ4n) is 10.8. The molecule has 9 aromatic rings. The quantitative estimate of drug-likeness (QED) is 0.148. The largest absolute Gasteiger partial charge is 0.311 e. The summed E-state index contributed by atoms with van der Waals surface area (Å²) >= 11 is 0. The molecule has 300 valence electrons. The van der Waals surface area contributed by atoms with E-state index in [1.807, 2.05) is 0 Å². The van der Waals surface area contributed by atoms with Crippen LogP contribution in [0.3, 0.4) is 0 Å². The van der Waals surface area contributed by atoms with E-state index in [-0.39, 0.29) is 6.71 Å². The van der Waals surface area contributed by atoms with Crippen molar-refractivity contribution in [3.63, 3.8) is 0 Å². The molecule has 0 bridgehead atoms. The highest BCUT2D eigenvalue weighted by Crippen LogP contribution is 2.49. The number of nitrogens with zero attached hydrogens (tertiary/aromatic N) is 2. The number of fused-ring (bicyclic) bond motifs is 4. The van der Waals surface area contributed by atoms with Crippen LogP contribution in [0.2, 0.25) is 0 Å². The highest BCUT2D eigenvalue weighted by Gasteiger charge is 2.44. The Bertz CT molecular complexity index is 3090. The average molecular weight is 807 g/mol. The molecule has 2 heterocycles. The standard InChI is InChI=1S/C60H47BN2/c1-6-18-42(19-7-1)46-30-34-51(35-31-46)62-57-39-49(44-22-10-3-11-23-44)32-36-53(57)61-54-38-48(43-20-8-2-9-21-43)33-37-56(54)63(55-29-17-16-28-52(55)47-26-14-5-15-27-47)59-41-50(40-58(62)60(59)61)45-24-12-4-13-25-45/h1-3,5-11,14-23,26-41,45H,4,12-13,24-25H2. The van der Waals surface area contributed by atoms with E-state index in [0.717, 1.165) is 0 Å². The monoisotopic (exact) mass is 806 g/mol. The van der Waals surface area contributed by atoms with Gasteiger partial charge in [0.1, 0.15) is 0 Å². The van der Waals surface area contributed by atoms with Crippen molar-refractivity contribution in [2.45, 2.75) is 38.0 Å². The van der Waals surface area contributed by atoms with Gasteiger partial charge >= 0.3 is 0 Å². The molecule has 63 heavy (non-hydrogen) atoms. The Balaban J connectivity index is 1.17. The summed E-state index contributed by atoms with van der Waals surface area (Å²) in [6, 6.07) is 81.5. The summed E-state index contributed by atoms with van der Waals surface area (Å²) in [5, 5.41) is 0. The van der Waals surface area contributed by atoms with Crippen molar-refractivity contribution in [2.75, 3.05) is 9.80 Å². The van der Waals surface area contributed by atoms with Gasteiger partial charge in [0, 0.05) is 34.0 Å². The van der Waals surface area contributed by atoms with E-state index < -0.39 is 0 Å². The summed E-state index contributed by atoms with van der Waals surface area (Å²) in [5.41, 5.74) is 22.7. The van der Waals surface area contributed by atoms with Crippen LogP contribution in [0.25, 0.3) is 44.5 Å². The second-order valence-electron chi connectivity index (χ2n) is 17.5. The molecular weight excluding hydrogens is 759 g/mol. The third-order valence-electron chi connectivity index (χ3n) is 13.8. The summed E-state index contributed by atoms with van der Waals surface area (Å²) in [5.74, 6) is 0.506. The molecule has 2 aliphatic heterocycles.